The molecule has 0 atom stereocenters. The van der Waals surface area contributed by atoms with Gasteiger partial charge in [0.25, 0.3) is 5.91 Å². The second-order valence-corrected chi connectivity index (χ2v) is 7.94. The first-order valence-electron chi connectivity index (χ1n) is 10.8. The Kier molecular flexibility index (Phi) is 5.38. The molecule has 2 aromatic heterocycles. The lowest BCUT2D eigenvalue weighted by atomic mass is 10.2. The van der Waals surface area contributed by atoms with E-state index in [4.69, 9.17) is 9.72 Å². The number of hydrogen-bond donors (Lipinski definition) is 0. The molecule has 31 heavy (non-hydrogen) atoms. The fourth-order valence-electron chi connectivity index (χ4n) is 4.09. The van der Waals surface area contributed by atoms with Gasteiger partial charge >= 0.3 is 0 Å². The molecular formula is C23H26N6O2. The molecule has 2 fully saturated rings. The molecule has 0 radical (unpaired) electrons. The lowest BCUT2D eigenvalue weighted by Gasteiger charge is -2.36. The van der Waals surface area contributed by atoms with Gasteiger partial charge in [-0.2, -0.15) is 4.98 Å². The van der Waals surface area contributed by atoms with Crippen LogP contribution >= 0.6 is 0 Å². The second kappa shape index (κ2) is 8.47. The molecule has 8 heteroatoms. The number of anilines is 2. The summed E-state index contributed by atoms with van der Waals surface area (Å²) in [6.45, 7) is 7.78. The van der Waals surface area contributed by atoms with Crippen molar-refractivity contribution in [2.75, 3.05) is 62.3 Å². The molecule has 8 nitrogen and oxygen atoms in total. The summed E-state index contributed by atoms with van der Waals surface area (Å²) in [4.78, 5) is 33.3. The molecule has 0 unspecified atom stereocenters. The Morgan fingerprint density at radius 2 is 1.65 bits per heavy atom. The molecule has 2 aliphatic heterocycles. The molecule has 0 N–H and O–H groups in total. The van der Waals surface area contributed by atoms with Gasteiger partial charge < -0.3 is 19.4 Å². The van der Waals surface area contributed by atoms with E-state index in [2.05, 4.69) is 19.8 Å². The number of morpholine rings is 1. The van der Waals surface area contributed by atoms with Crippen LogP contribution in [-0.4, -0.2) is 78.2 Å². The third-order valence-electron chi connectivity index (χ3n) is 5.83. The average molecular weight is 419 g/mol. The van der Waals surface area contributed by atoms with Crippen LogP contribution < -0.4 is 9.80 Å². The number of aromatic nitrogens is 3. The average Bonchev–Trinajstić information content (AvgIpc) is 2.83. The number of carbonyl (C=O) groups is 1. The fraction of sp³-hybridized carbons (Fsp3) is 0.391. The molecule has 2 aliphatic rings. The minimum atomic E-state index is -0.0155. The van der Waals surface area contributed by atoms with E-state index >= 15 is 0 Å². The summed E-state index contributed by atoms with van der Waals surface area (Å²) in [5, 5.41) is 1.04. The van der Waals surface area contributed by atoms with Crippen molar-refractivity contribution in [1.82, 2.24) is 19.9 Å². The van der Waals surface area contributed by atoms with Gasteiger partial charge in [-0.15, -0.1) is 0 Å². The Morgan fingerprint density at radius 3 is 2.45 bits per heavy atom. The summed E-state index contributed by atoms with van der Waals surface area (Å²) >= 11 is 0. The Morgan fingerprint density at radius 1 is 0.871 bits per heavy atom. The molecule has 3 aromatic rings. The van der Waals surface area contributed by atoms with Gasteiger partial charge in [0.15, 0.2) is 0 Å². The summed E-state index contributed by atoms with van der Waals surface area (Å²) in [6, 6.07) is 13.7. The van der Waals surface area contributed by atoms with Crippen molar-refractivity contribution in [3.63, 3.8) is 0 Å². The van der Waals surface area contributed by atoms with Gasteiger partial charge in [-0.3, -0.25) is 4.79 Å². The molecule has 0 saturated carbocycles. The molecule has 2 saturated heterocycles. The number of aryl methyl sites for hydroxylation is 1. The van der Waals surface area contributed by atoms with E-state index in [1.54, 1.807) is 0 Å². The van der Waals surface area contributed by atoms with E-state index < -0.39 is 0 Å². The fourth-order valence-corrected chi connectivity index (χ4v) is 4.09. The number of amides is 1. The van der Waals surface area contributed by atoms with E-state index in [-0.39, 0.29) is 5.91 Å². The number of pyridine rings is 1. The molecule has 1 amide bonds. The van der Waals surface area contributed by atoms with Crippen molar-refractivity contribution in [1.29, 1.82) is 0 Å². The number of fused-ring (bicyclic) bond motifs is 1. The Labute approximate surface area is 181 Å². The van der Waals surface area contributed by atoms with Crippen molar-refractivity contribution in [3.05, 3.63) is 53.9 Å². The topological polar surface area (TPSA) is 74.7 Å². The van der Waals surface area contributed by atoms with E-state index in [0.717, 1.165) is 54.5 Å². The van der Waals surface area contributed by atoms with E-state index in [0.29, 0.717) is 32.0 Å². The number of benzene rings is 1. The van der Waals surface area contributed by atoms with E-state index in [9.17, 15) is 4.79 Å². The summed E-state index contributed by atoms with van der Waals surface area (Å²) in [6.07, 6.45) is 0. The van der Waals surface area contributed by atoms with Crippen LogP contribution in [0.1, 0.15) is 16.2 Å². The highest BCUT2D eigenvalue weighted by molar-refractivity contribution is 5.95. The first kappa shape index (κ1) is 19.7. The van der Waals surface area contributed by atoms with Crippen LogP contribution in [-0.2, 0) is 4.74 Å². The third kappa shape index (κ3) is 4.16. The third-order valence-corrected chi connectivity index (χ3v) is 5.83. The zero-order valence-electron chi connectivity index (χ0n) is 17.7. The predicted octanol–water partition coefficient (Wildman–Crippen LogP) is 2.13. The molecule has 5 rings (SSSR count). The number of rotatable bonds is 3. The van der Waals surface area contributed by atoms with Gasteiger partial charge in [-0.1, -0.05) is 24.3 Å². The highest BCUT2D eigenvalue weighted by Gasteiger charge is 2.25. The summed E-state index contributed by atoms with van der Waals surface area (Å²) in [5.74, 6) is 1.67. The summed E-state index contributed by atoms with van der Waals surface area (Å²) < 4.78 is 5.44. The minimum absolute atomic E-state index is 0.0155. The Hall–Kier alpha value is -3.26. The number of nitrogens with zero attached hydrogens (tertiary/aromatic N) is 6. The zero-order valence-corrected chi connectivity index (χ0v) is 17.7. The monoisotopic (exact) mass is 418 g/mol. The molecule has 160 valence electrons. The highest BCUT2D eigenvalue weighted by atomic mass is 16.5. The molecular weight excluding hydrogens is 392 g/mol. The van der Waals surface area contributed by atoms with Gasteiger partial charge in [-0.05, 0) is 19.1 Å². The van der Waals surface area contributed by atoms with Gasteiger partial charge in [-0.25, -0.2) is 9.97 Å². The normalized spacial score (nSPS) is 17.3. The molecule has 0 spiro atoms. The van der Waals surface area contributed by atoms with E-state index in [1.165, 1.54) is 0 Å². The Bertz CT molecular complexity index is 1090. The van der Waals surface area contributed by atoms with Gasteiger partial charge in [0.1, 0.15) is 11.5 Å². The summed E-state index contributed by atoms with van der Waals surface area (Å²) in [7, 11) is 0. The van der Waals surface area contributed by atoms with Crippen LogP contribution in [0.25, 0.3) is 10.9 Å². The number of para-hydroxylation sites is 1. The van der Waals surface area contributed by atoms with Crippen LogP contribution in [0, 0.1) is 6.92 Å². The van der Waals surface area contributed by atoms with Gasteiger partial charge in [0.05, 0.1) is 18.7 Å². The lowest BCUT2D eigenvalue weighted by molar-refractivity contribution is 0.0741. The molecule has 1 aromatic carbocycles. The number of piperazine rings is 1. The smallest absolute Gasteiger partial charge is 0.272 e. The van der Waals surface area contributed by atoms with Gasteiger partial charge in [0.2, 0.25) is 5.95 Å². The van der Waals surface area contributed by atoms with Gasteiger partial charge in [0, 0.05) is 56.4 Å². The van der Waals surface area contributed by atoms with E-state index in [1.807, 2.05) is 54.3 Å². The first-order chi connectivity index (χ1) is 15.2. The first-order valence-corrected chi connectivity index (χ1v) is 10.8. The van der Waals surface area contributed by atoms with Crippen LogP contribution in [0.4, 0.5) is 11.8 Å². The van der Waals surface area contributed by atoms with Crippen LogP contribution in [0.5, 0.6) is 0 Å². The Balaban J connectivity index is 1.27. The molecule has 4 heterocycles. The van der Waals surface area contributed by atoms with Crippen molar-refractivity contribution in [2.24, 2.45) is 0 Å². The SMILES string of the molecule is Cc1cc(N2CCN(C(=O)c3ccc4ccccc4n3)CC2)nc(N2CCOCC2)n1. The molecule has 0 bridgehead atoms. The molecule has 0 aliphatic carbocycles. The van der Waals surface area contributed by atoms with Crippen molar-refractivity contribution >= 4 is 28.6 Å². The number of ether oxygens (including phenoxy) is 1. The van der Waals surface area contributed by atoms with Crippen LogP contribution in [0.3, 0.4) is 0 Å². The van der Waals surface area contributed by atoms with Crippen molar-refractivity contribution in [3.8, 4) is 0 Å². The lowest BCUT2D eigenvalue weighted by Crippen LogP contribution is -2.49. The van der Waals surface area contributed by atoms with Crippen molar-refractivity contribution in [2.45, 2.75) is 6.92 Å². The number of carbonyl (C=O) groups excluding carboxylic acids is 1. The standard InChI is InChI=1S/C23H26N6O2/c1-17-16-21(26-23(24-17)29-12-14-31-15-13-29)27-8-10-28(11-9-27)22(30)20-7-6-18-4-2-3-5-19(18)25-20/h2-7,16H,8-15H2,1H3. The predicted molar refractivity (Wildman–Crippen MR) is 120 cm³/mol. The quantitative estimate of drug-likeness (QED) is 0.645. The van der Waals surface area contributed by atoms with Crippen LogP contribution in [0.2, 0.25) is 0 Å². The maximum absolute atomic E-state index is 13.0. The highest BCUT2D eigenvalue weighted by Crippen LogP contribution is 2.21. The minimum Gasteiger partial charge on any atom is -0.378 e. The maximum atomic E-state index is 13.0. The van der Waals surface area contributed by atoms with Crippen molar-refractivity contribution < 1.29 is 9.53 Å². The summed E-state index contributed by atoms with van der Waals surface area (Å²) in [5.41, 5.74) is 2.30. The maximum Gasteiger partial charge on any atom is 0.272 e. The zero-order chi connectivity index (χ0) is 21.2. The van der Waals surface area contributed by atoms with Crippen LogP contribution in [0.15, 0.2) is 42.5 Å². The second-order valence-electron chi connectivity index (χ2n) is 7.94. The number of hydrogen-bond acceptors (Lipinski definition) is 7. The largest absolute Gasteiger partial charge is 0.378 e.